The first-order chi connectivity index (χ1) is 18.3. The van der Waals surface area contributed by atoms with Crippen LogP contribution in [0.25, 0.3) is 0 Å². The lowest BCUT2D eigenvalue weighted by Gasteiger charge is -2.65. The minimum atomic E-state index is -2.98. The van der Waals surface area contributed by atoms with E-state index in [1.54, 1.807) is 0 Å². The second-order valence-electron chi connectivity index (χ2n) is 15.6. The van der Waals surface area contributed by atoms with Crippen LogP contribution in [-0.2, 0) is 4.79 Å². The van der Waals surface area contributed by atoms with Crippen LogP contribution in [0.4, 0.5) is 8.78 Å². The van der Waals surface area contributed by atoms with E-state index >= 15 is 0 Å². The molecule has 0 aromatic carbocycles. The predicted octanol–water partition coefficient (Wildman–Crippen LogP) is 8.95. The molecule has 3 fully saturated rings. The van der Waals surface area contributed by atoms with Gasteiger partial charge in [-0.15, -0.1) is 0 Å². The van der Waals surface area contributed by atoms with E-state index in [0.717, 1.165) is 63.7 Å². The third-order valence-corrected chi connectivity index (χ3v) is 11.8. The molecule has 4 aliphatic rings. The fourth-order valence-corrected chi connectivity index (χ4v) is 9.71. The Morgan fingerprint density at radius 2 is 1.75 bits per heavy atom. The molecule has 3 nitrogen and oxygen atoms in total. The molecule has 0 radical (unpaired) electrons. The van der Waals surface area contributed by atoms with Gasteiger partial charge in [0.15, 0.2) is 0 Å². The molecule has 4 aliphatic carbocycles. The fourth-order valence-electron chi connectivity index (χ4n) is 9.71. The zero-order valence-electron chi connectivity index (χ0n) is 26.0. The van der Waals surface area contributed by atoms with E-state index in [2.05, 4.69) is 64.4 Å². The number of nitrogens with one attached hydrogen (secondary N) is 1. The second-order valence-corrected chi connectivity index (χ2v) is 15.6. The molecular formula is C35H50F2N2O. The van der Waals surface area contributed by atoms with Crippen molar-refractivity contribution in [1.29, 1.82) is 5.26 Å². The standard InChI is InChI=1S/C35H50F2N2O/c1-22(20-38)18-33(9)27(31(6,7)21-40)12-13-32(8)25-11-14-35(39-24(3)34(10,36)37)16-15-30(4,5)19-26(35)29(25)23(2)17-28(32)33/h17-18,21,25-27,29,39H,2-3,11-16,19H2,1,4-10H3/b22-18+. The van der Waals surface area contributed by atoms with Gasteiger partial charge in [0.2, 0.25) is 0 Å². The Kier molecular flexibility index (Phi) is 7.43. The maximum atomic E-state index is 14.4. The van der Waals surface area contributed by atoms with Crippen LogP contribution in [0.3, 0.4) is 0 Å². The molecule has 40 heavy (non-hydrogen) atoms. The van der Waals surface area contributed by atoms with Crippen molar-refractivity contribution in [2.45, 2.75) is 112 Å². The Labute approximate surface area is 241 Å². The summed E-state index contributed by atoms with van der Waals surface area (Å²) in [7, 11) is 0. The van der Waals surface area contributed by atoms with Crippen LogP contribution in [0, 0.1) is 56.7 Å². The molecule has 220 valence electrons. The van der Waals surface area contributed by atoms with Gasteiger partial charge >= 0.3 is 0 Å². The molecule has 5 heteroatoms. The van der Waals surface area contributed by atoms with Gasteiger partial charge in [-0.1, -0.05) is 78.0 Å². The Morgan fingerprint density at radius 3 is 2.33 bits per heavy atom. The second kappa shape index (κ2) is 9.67. The molecule has 0 aliphatic heterocycles. The Hall–Kier alpha value is -2.22. The molecule has 0 aromatic rings. The number of halogens is 2. The molecule has 0 amide bonds. The monoisotopic (exact) mass is 552 g/mol. The zero-order valence-corrected chi connectivity index (χ0v) is 26.0. The van der Waals surface area contributed by atoms with Crippen molar-refractivity contribution in [3.63, 3.8) is 0 Å². The van der Waals surface area contributed by atoms with Crippen LogP contribution < -0.4 is 5.32 Å². The average Bonchev–Trinajstić information content (AvgIpc) is 2.84. The summed E-state index contributed by atoms with van der Waals surface area (Å²) in [5.74, 6) is -2.27. The van der Waals surface area contributed by atoms with E-state index in [0.29, 0.717) is 11.5 Å². The van der Waals surface area contributed by atoms with Gasteiger partial charge in [-0.2, -0.15) is 5.26 Å². The molecule has 0 spiro atoms. The third-order valence-electron chi connectivity index (χ3n) is 11.8. The smallest absolute Gasteiger partial charge is 0.283 e. The van der Waals surface area contributed by atoms with Gasteiger partial charge < -0.3 is 10.1 Å². The average molecular weight is 553 g/mol. The number of alkyl halides is 2. The minimum Gasteiger partial charge on any atom is -0.378 e. The number of nitriles is 1. The lowest BCUT2D eigenvalue weighted by molar-refractivity contribution is -0.121. The highest BCUT2D eigenvalue weighted by Crippen LogP contribution is 2.69. The van der Waals surface area contributed by atoms with E-state index < -0.39 is 22.3 Å². The van der Waals surface area contributed by atoms with Crippen LogP contribution in [0.1, 0.15) is 100 Å². The molecule has 0 saturated heterocycles. The summed E-state index contributed by atoms with van der Waals surface area (Å²) in [5, 5.41) is 13.1. The van der Waals surface area contributed by atoms with E-state index in [1.165, 1.54) is 5.57 Å². The molecule has 3 saturated carbocycles. The first-order valence-electron chi connectivity index (χ1n) is 15.1. The van der Waals surface area contributed by atoms with E-state index in [9.17, 15) is 18.8 Å². The van der Waals surface area contributed by atoms with Gasteiger partial charge in [-0.3, -0.25) is 0 Å². The number of nitrogens with zero attached hydrogens (tertiary/aromatic N) is 1. The molecule has 0 aromatic heterocycles. The molecule has 7 unspecified atom stereocenters. The summed E-state index contributed by atoms with van der Waals surface area (Å²) in [6.07, 6.45) is 11.8. The van der Waals surface area contributed by atoms with Crippen molar-refractivity contribution in [1.82, 2.24) is 5.32 Å². The molecule has 0 heterocycles. The molecule has 1 N–H and O–H groups in total. The normalized spacial score (nSPS) is 39.6. The van der Waals surface area contributed by atoms with Gasteiger partial charge in [0, 0.05) is 28.9 Å². The summed E-state index contributed by atoms with van der Waals surface area (Å²) in [5.41, 5.74) is 1.37. The maximum Gasteiger partial charge on any atom is 0.283 e. The van der Waals surface area contributed by atoms with Gasteiger partial charge in [-0.25, -0.2) is 8.78 Å². The Balaban J connectivity index is 1.86. The highest BCUT2D eigenvalue weighted by Gasteiger charge is 2.63. The number of hydrogen-bond donors (Lipinski definition) is 1. The highest BCUT2D eigenvalue weighted by atomic mass is 19.3. The first-order valence-corrected chi connectivity index (χ1v) is 15.1. The van der Waals surface area contributed by atoms with Crippen LogP contribution in [0.15, 0.2) is 47.7 Å². The topological polar surface area (TPSA) is 52.9 Å². The summed E-state index contributed by atoms with van der Waals surface area (Å²) in [4.78, 5) is 12.3. The third kappa shape index (κ3) is 4.82. The predicted molar refractivity (Wildman–Crippen MR) is 158 cm³/mol. The first kappa shape index (κ1) is 30.7. The van der Waals surface area contributed by atoms with Gasteiger partial charge in [0.1, 0.15) is 6.29 Å². The van der Waals surface area contributed by atoms with Crippen molar-refractivity contribution >= 4 is 6.29 Å². The van der Waals surface area contributed by atoms with Crippen LogP contribution in [0.2, 0.25) is 0 Å². The lowest BCUT2D eigenvalue weighted by Crippen LogP contribution is -2.64. The minimum absolute atomic E-state index is 0.0533. The Morgan fingerprint density at radius 1 is 1.10 bits per heavy atom. The SMILES string of the molecule is C=C1C=C2C(C)(/C=C(\C)C#N)C(C(C)(C)C=O)CCC2(C)C2CCC3(NC(=C)C(C)(F)F)CCC(C)(C)CC3C12. The van der Waals surface area contributed by atoms with Crippen molar-refractivity contribution < 1.29 is 13.6 Å². The van der Waals surface area contributed by atoms with E-state index in [4.69, 9.17) is 0 Å². The van der Waals surface area contributed by atoms with Crippen molar-refractivity contribution in [2.24, 2.45) is 45.3 Å². The lowest BCUT2D eigenvalue weighted by atomic mass is 9.40. The van der Waals surface area contributed by atoms with E-state index in [1.807, 2.05) is 20.8 Å². The molecule has 7 atom stereocenters. The zero-order chi connectivity index (χ0) is 30.1. The fraction of sp³-hybridized carbons (Fsp3) is 0.714. The number of fused-ring (bicyclic) bond motifs is 5. The number of carbonyl (C=O) groups is 1. The van der Waals surface area contributed by atoms with E-state index in [-0.39, 0.29) is 34.3 Å². The molecule has 0 bridgehead atoms. The summed E-state index contributed by atoms with van der Waals surface area (Å²) >= 11 is 0. The van der Waals surface area contributed by atoms with Crippen LogP contribution >= 0.6 is 0 Å². The number of carbonyl (C=O) groups excluding carboxylic acids is 1. The highest BCUT2D eigenvalue weighted by molar-refractivity contribution is 5.60. The summed E-state index contributed by atoms with van der Waals surface area (Å²) in [6, 6.07) is 2.33. The van der Waals surface area contributed by atoms with Crippen molar-refractivity contribution in [3.05, 3.63) is 47.7 Å². The Bertz CT molecular complexity index is 1200. The summed E-state index contributed by atoms with van der Waals surface area (Å²) < 4.78 is 28.8. The maximum absolute atomic E-state index is 14.4. The van der Waals surface area contributed by atoms with Crippen LogP contribution in [0.5, 0.6) is 0 Å². The largest absolute Gasteiger partial charge is 0.378 e. The number of hydrogen-bond acceptors (Lipinski definition) is 3. The van der Waals surface area contributed by atoms with Gasteiger partial charge in [0.25, 0.3) is 5.92 Å². The molecular weight excluding hydrogens is 502 g/mol. The number of allylic oxidation sites excluding steroid dienone is 6. The number of aldehydes is 1. The van der Waals surface area contributed by atoms with Gasteiger partial charge in [0.05, 0.1) is 11.8 Å². The van der Waals surface area contributed by atoms with Crippen molar-refractivity contribution in [3.8, 4) is 6.07 Å². The van der Waals surface area contributed by atoms with Crippen molar-refractivity contribution in [2.75, 3.05) is 0 Å². The quantitative estimate of drug-likeness (QED) is 0.264. The summed E-state index contributed by atoms with van der Waals surface area (Å²) in [6.45, 7) is 24.5. The van der Waals surface area contributed by atoms with Crippen LogP contribution in [-0.4, -0.2) is 17.7 Å². The van der Waals surface area contributed by atoms with Gasteiger partial charge in [-0.05, 0) is 86.4 Å². The number of rotatable bonds is 6. The molecule has 4 rings (SSSR count).